The summed E-state index contributed by atoms with van der Waals surface area (Å²) in [5, 5.41) is 3.06. The van der Waals surface area contributed by atoms with Gasteiger partial charge in [0, 0.05) is 38.4 Å². The monoisotopic (exact) mass is 303 g/mol. The van der Waals surface area contributed by atoms with Crippen molar-refractivity contribution in [1.29, 1.82) is 0 Å². The fraction of sp³-hybridized carbons (Fsp3) is 0.611. The van der Waals surface area contributed by atoms with E-state index >= 15 is 0 Å². The van der Waals surface area contributed by atoms with Crippen molar-refractivity contribution in [2.75, 3.05) is 37.6 Å². The molecule has 0 radical (unpaired) electrons. The van der Waals surface area contributed by atoms with E-state index in [0.717, 1.165) is 45.1 Å². The van der Waals surface area contributed by atoms with Gasteiger partial charge in [0.2, 0.25) is 0 Å². The van der Waals surface area contributed by atoms with Gasteiger partial charge >= 0.3 is 6.03 Å². The van der Waals surface area contributed by atoms with E-state index in [1.807, 2.05) is 11.0 Å². The van der Waals surface area contributed by atoms with Crippen molar-refractivity contribution in [1.82, 2.24) is 10.2 Å². The predicted molar refractivity (Wildman–Crippen MR) is 92.3 cm³/mol. The zero-order valence-corrected chi connectivity index (χ0v) is 13.9. The summed E-state index contributed by atoms with van der Waals surface area (Å²) < 4.78 is 0. The zero-order valence-electron chi connectivity index (χ0n) is 13.9. The van der Waals surface area contributed by atoms with Crippen LogP contribution in [0.25, 0.3) is 0 Å². The molecule has 0 atom stereocenters. The lowest BCUT2D eigenvalue weighted by Gasteiger charge is -2.24. The molecule has 122 valence electrons. The fourth-order valence-electron chi connectivity index (χ4n) is 2.65. The molecule has 0 aliphatic heterocycles. The standard InChI is InChI=1S/C18H29N3O/c1-3-20(17-9-6-5-7-10-17)14-8-13-19-18(22)21(4-2)15-16-11-12-16/h5-7,9-10,16H,3-4,8,11-15H2,1-2H3,(H,19,22). The van der Waals surface area contributed by atoms with Gasteiger partial charge in [0.1, 0.15) is 0 Å². The molecule has 1 fully saturated rings. The van der Waals surface area contributed by atoms with Crippen molar-refractivity contribution in [3.63, 3.8) is 0 Å². The number of nitrogens with one attached hydrogen (secondary N) is 1. The van der Waals surface area contributed by atoms with Gasteiger partial charge in [0.25, 0.3) is 0 Å². The van der Waals surface area contributed by atoms with Crippen molar-refractivity contribution in [2.45, 2.75) is 33.1 Å². The Balaban J connectivity index is 1.67. The Morgan fingerprint density at radius 1 is 1.18 bits per heavy atom. The summed E-state index contributed by atoms with van der Waals surface area (Å²) in [6.45, 7) is 8.64. The average Bonchev–Trinajstić information content (AvgIpc) is 3.37. The van der Waals surface area contributed by atoms with Crippen LogP contribution in [0.4, 0.5) is 10.5 Å². The van der Waals surface area contributed by atoms with Crippen LogP contribution in [0.1, 0.15) is 33.1 Å². The molecule has 0 bridgehead atoms. The molecule has 2 rings (SSSR count). The summed E-state index contributed by atoms with van der Waals surface area (Å²) in [6.07, 6.45) is 3.54. The minimum Gasteiger partial charge on any atom is -0.372 e. The van der Waals surface area contributed by atoms with Crippen LogP contribution in [0.15, 0.2) is 30.3 Å². The van der Waals surface area contributed by atoms with Gasteiger partial charge in [0.05, 0.1) is 0 Å². The third-order valence-electron chi connectivity index (χ3n) is 4.23. The lowest BCUT2D eigenvalue weighted by molar-refractivity contribution is 0.198. The Labute approximate surface area is 134 Å². The van der Waals surface area contributed by atoms with E-state index in [4.69, 9.17) is 0 Å². The third-order valence-corrected chi connectivity index (χ3v) is 4.23. The van der Waals surface area contributed by atoms with Crippen molar-refractivity contribution >= 4 is 11.7 Å². The van der Waals surface area contributed by atoms with Crippen LogP contribution >= 0.6 is 0 Å². The topological polar surface area (TPSA) is 35.6 Å². The Hall–Kier alpha value is -1.71. The van der Waals surface area contributed by atoms with Gasteiger partial charge in [-0.3, -0.25) is 0 Å². The molecule has 22 heavy (non-hydrogen) atoms. The smallest absolute Gasteiger partial charge is 0.317 e. The molecule has 1 aliphatic rings. The number of para-hydroxylation sites is 1. The summed E-state index contributed by atoms with van der Waals surface area (Å²) >= 11 is 0. The largest absolute Gasteiger partial charge is 0.372 e. The number of rotatable bonds is 9. The molecule has 0 saturated heterocycles. The number of hydrogen-bond donors (Lipinski definition) is 1. The Morgan fingerprint density at radius 2 is 1.91 bits per heavy atom. The van der Waals surface area contributed by atoms with E-state index in [1.54, 1.807) is 0 Å². The molecule has 1 aromatic carbocycles. The number of nitrogens with zero attached hydrogens (tertiary/aromatic N) is 2. The maximum atomic E-state index is 12.1. The van der Waals surface area contributed by atoms with E-state index in [1.165, 1.54) is 18.5 Å². The van der Waals surface area contributed by atoms with E-state index < -0.39 is 0 Å². The SMILES string of the molecule is CCN(CC1CC1)C(=O)NCCCN(CC)c1ccccc1. The Morgan fingerprint density at radius 3 is 2.50 bits per heavy atom. The Kier molecular flexibility index (Phi) is 6.56. The number of hydrogen-bond acceptors (Lipinski definition) is 2. The molecule has 2 amide bonds. The first kappa shape index (κ1) is 16.7. The van der Waals surface area contributed by atoms with Crippen molar-refractivity contribution in [3.05, 3.63) is 30.3 Å². The van der Waals surface area contributed by atoms with Crippen molar-refractivity contribution < 1.29 is 4.79 Å². The molecule has 4 nitrogen and oxygen atoms in total. The lowest BCUT2D eigenvalue weighted by Crippen LogP contribution is -2.42. The van der Waals surface area contributed by atoms with Crippen LogP contribution in [0.2, 0.25) is 0 Å². The first-order chi connectivity index (χ1) is 10.7. The second-order valence-electron chi connectivity index (χ2n) is 5.98. The van der Waals surface area contributed by atoms with Crippen LogP contribution in [0.5, 0.6) is 0 Å². The number of anilines is 1. The number of carbonyl (C=O) groups excluding carboxylic acids is 1. The van der Waals surface area contributed by atoms with Gasteiger partial charge in [0.15, 0.2) is 0 Å². The zero-order chi connectivity index (χ0) is 15.8. The van der Waals surface area contributed by atoms with Crippen molar-refractivity contribution in [3.8, 4) is 0 Å². The maximum Gasteiger partial charge on any atom is 0.317 e. The van der Waals surface area contributed by atoms with Gasteiger partial charge in [-0.15, -0.1) is 0 Å². The van der Waals surface area contributed by atoms with E-state index in [2.05, 4.69) is 48.3 Å². The highest BCUT2D eigenvalue weighted by molar-refractivity contribution is 5.74. The molecule has 0 spiro atoms. The summed E-state index contributed by atoms with van der Waals surface area (Å²) in [4.78, 5) is 16.4. The summed E-state index contributed by atoms with van der Waals surface area (Å²) in [5.74, 6) is 0.749. The van der Waals surface area contributed by atoms with Gasteiger partial charge < -0.3 is 15.1 Å². The van der Waals surface area contributed by atoms with Crippen LogP contribution in [-0.4, -0.2) is 43.7 Å². The Bertz CT molecular complexity index is 445. The highest BCUT2D eigenvalue weighted by Crippen LogP contribution is 2.29. The van der Waals surface area contributed by atoms with Crippen molar-refractivity contribution in [2.24, 2.45) is 5.92 Å². The highest BCUT2D eigenvalue weighted by Gasteiger charge is 2.25. The number of carbonyl (C=O) groups is 1. The van der Waals surface area contributed by atoms with Gasteiger partial charge in [-0.05, 0) is 51.2 Å². The van der Waals surface area contributed by atoms with Gasteiger partial charge in [-0.2, -0.15) is 0 Å². The summed E-state index contributed by atoms with van der Waals surface area (Å²) in [5.41, 5.74) is 1.25. The minimum absolute atomic E-state index is 0.0946. The van der Waals surface area contributed by atoms with Crippen LogP contribution < -0.4 is 10.2 Å². The molecular formula is C18H29N3O. The number of benzene rings is 1. The number of urea groups is 1. The summed E-state index contributed by atoms with van der Waals surface area (Å²) in [7, 11) is 0. The summed E-state index contributed by atoms with van der Waals surface area (Å²) in [6, 6.07) is 10.5. The van der Waals surface area contributed by atoms with Gasteiger partial charge in [-0.1, -0.05) is 18.2 Å². The normalized spacial score (nSPS) is 13.7. The van der Waals surface area contributed by atoms with E-state index in [0.29, 0.717) is 0 Å². The molecule has 1 aromatic rings. The first-order valence-electron chi connectivity index (χ1n) is 8.57. The van der Waals surface area contributed by atoms with E-state index in [9.17, 15) is 4.79 Å². The molecule has 0 aromatic heterocycles. The van der Waals surface area contributed by atoms with Crippen LogP contribution in [-0.2, 0) is 0 Å². The third kappa shape index (κ3) is 5.24. The molecule has 4 heteroatoms. The van der Waals surface area contributed by atoms with Crippen LogP contribution in [0.3, 0.4) is 0 Å². The molecule has 1 N–H and O–H groups in total. The molecule has 0 heterocycles. The predicted octanol–water partition coefficient (Wildman–Crippen LogP) is 3.34. The average molecular weight is 303 g/mol. The second-order valence-corrected chi connectivity index (χ2v) is 5.98. The second kappa shape index (κ2) is 8.66. The molecule has 1 aliphatic carbocycles. The van der Waals surface area contributed by atoms with Gasteiger partial charge in [-0.25, -0.2) is 4.79 Å². The molecular weight excluding hydrogens is 274 g/mol. The fourth-order valence-corrected chi connectivity index (χ4v) is 2.65. The first-order valence-corrected chi connectivity index (χ1v) is 8.57. The van der Waals surface area contributed by atoms with Crippen LogP contribution in [0, 0.1) is 5.92 Å². The number of amides is 2. The van der Waals surface area contributed by atoms with E-state index in [-0.39, 0.29) is 6.03 Å². The lowest BCUT2D eigenvalue weighted by atomic mass is 10.2. The maximum absolute atomic E-state index is 12.1. The highest BCUT2D eigenvalue weighted by atomic mass is 16.2. The minimum atomic E-state index is 0.0946. The quantitative estimate of drug-likeness (QED) is 0.710. The molecule has 1 saturated carbocycles. The molecule has 0 unspecified atom stereocenters.